The van der Waals surface area contributed by atoms with Gasteiger partial charge in [0.2, 0.25) is 10.0 Å². The van der Waals surface area contributed by atoms with Gasteiger partial charge in [-0.25, -0.2) is 18.4 Å². The first-order valence-electron chi connectivity index (χ1n) is 7.37. The van der Waals surface area contributed by atoms with Crippen LogP contribution in [-0.4, -0.2) is 51.6 Å². The normalized spacial score (nSPS) is 19.1. The number of nitrogens with two attached hydrogens (primary N) is 1. The molecule has 1 aromatic rings. The maximum Gasteiger partial charge on any atom is 0.317 e. The average Bonchev–Trinajstić information content (AvgIpc) is 3.31. The molecule has 22 heavy (non-hydrogen) atoms. The molecule has 0 aromatic heterocycles. The van der Waals surface area contributed by atoms with Crippen LogP contribution in [0.25, 0.3) is 0 Å². The number of nitrogens with one attached hydrogen (secondary N) is 1. The number of nitrogens with zero attached hydrogens (tertiary/aromatic N) is 2. The van der Waals surface area contributed by atoms with E-state index in [2.05, 4.69) is 10.2 Å². The van der Waals surface area contributed by atoms with Gasteiger partial charge in [-0.1, -0.05) is 0 Å². The van der Waals surface area contributed by atoms with E-state index in [1.165, 1.54) is 12.1 Å². The Bertz CT molecular complexity index is 647. The Balaban J connectivity index is 1.57. The molecule has 3 rings (SSSR count). The SMILES string of the molecule is NS(=O)(=O)c1ccc(N2CCN(C(=O)NC3CC3)CC2)cc1. The van der Waals surface area contributed by atoms with Crippen molar-refractivity contribution in [1.82, 2.24) is 10.2 Å². The maximum atomic E-state index is 12.0. The van der Waals surface area contributed by atoms with Crippen LogP contribution in [0, 0.1) is 0 Å². The number of sulfonamides is 1. The summed E-state index contributed by atoms with van der Waals surface area (Å²) in [6, 6.07) is 6.91. The Morgan fingerprint density at radius 2 is 1.68 bits per heavy atom. The lowest BCUT2D eigenvalue weighted by molar-refractivity contribution is 0.194. The highest BCUT2D eigenvalue weighted by Crippen LogP contribution is 2.21. The fraction of sp³-hybridized carbons (Fsp3) is 0.500. The van der Waals surface area contributed by atoms with Crippen molar-refractivity contribution >= 4 is 21.7 Å². The van der Waals surface area contributed by atoms with Crippen molar-refractivity contribution in [1.29, 1.82) is 0 Å². The number of benzene rings is 1. The number of carbonyl (C=O) groups excluding carboxylic acids is 1. The van der Waals surface area contributed by atoms with Crippen molar-refractivity contribution in [2.24, 2.45) is 5.14 Å². The van der Waals surface area contributed by atoms with Crippen molar-refractivity contribution in [3.05, 3.63) is 24.3 Å². The van der Waals surface area contributed by atoms with Crippen molar-refractivity contribution < 1.29 is 13.2 Å². The molecule has 1 heterocycles. The molecule has 1 aliphatic heterocycles. The summed E-state index contributed by atoms with van der Waals surface area (Å²) in [4.78, 5) is 16.0. The number of urea groups is 1. The molecule has 1 aromatic carbocycles. The van der Waals surface area contributed by atoms with E-state index in [9.17, 15) is 13.2 Å². The minimum absolute atomic E-state index is 0.0201. The monoisotopic (exact) mass is 324 g/mol. The zero-order chi connectivity index (χ0) is 15.7. The molecule has 2 amide bonds. The minimum Gasteiger partial charge on any atom is -0.368 e. The first-order chi connectivity index (χ1) is 10.4. The van der Waals surface area contributed by atoms with Crippen LogP contribution < -0.4 is 15.4 Å². The minimum atomic E-state index is -3.66. The van der Waals surface area contributed by atoms with E-state index >= 15 is 0 Å². The number of anilines is 1. The fourth-order valence-electron chi connectivity index (χ4n) is 2.51. The van der Waals surface area contributed by atoms with Gasteiger partial charge >= 0.3 is 6.03 Å². The molecule has 7 nitrogen and oxygen atoms in total. The highest BCUT2D eigenvalue weighted by molar-refractivity contribution is 7.89. The molecule has 2 fully saturated rings. The van der Waals surface area contributed by atoms with Gasteiger partial charge < -0.3 is 15.1 Å². The number of hydrogen-bond donors (Lipinski definition) is 2. The summed E-state index contributed by atoms with van der Waals surface area (Å²) in [6.45, 7) is 2.78. The van der Waals surface area contributed by atoms with Crippen LogP contribution in [0.5, 0.6) is 0 Å². The van der Waals surface area contributed by atoms with Gasteiger partial charge in [-0.2, -0.15) is 0 Å². The van der Waals surface area contributed by atoms with Crippen molar-refractivity contribution in [2.75, 3.05) is 31.1 Å². The topological polar surface area (TPSA) is 95.7 Å². The summed E-state index contributed by atoms with van der Waals surface area (Å²) in [6.07, 6.45) is 2.17. The highest BCUT2D eigenvalue weighted by Gasteiger charge is 2.27. The Morgan fingerprint density at radius 1 is 1.09 bits per heavy atom. The lowest BCUT2D eigenvalue weighted by Gasteiger charge is -2.36. The summed E-state index contributed by atoms with van der Waals surface area (Å²) in [5, 5.41) is 8.08. The van der Waals surface area contributed by atoms with Gasteiger partial charge in [0, 0.05) is 37.9 Å². The number of piperazine rings is 1. The molecule has 120 valence electrons. The number of amides is 2. The van der Waals surface area contributed by atoms with E-state index in [4.69, 9.17) is 5.14 Å². The van der Waals surface area contributed by atoms with Crippen LogP contribution in [0.1, 0.15) is 12.8 Å². The van der Waals surface area contributed by atoms with Gasteiger partial charge in [-0.05, 0) is 37.1 Å². The molecule has 0 unspecified atom stereocenters. The van der Waals surface area contributed by atoms with E-state index < -0.39 is 10.0 Å². The quantitative estimate of drug-likeness (QED) is 0.837. The number of primary sulfonamides is 1. The zero-order valence-corrected chi connectivity index (χ0v) is 13.1. The second-order valence-electron chi connectivity index (χ2n) is 5.74. The van der Waals surface area contributed by atoms with Gasteiger partial charge in [0.05, 0.1) is 4.90 Å². The largest absolute Gasteiger partial charge is 0.368 e. The third kappa shape index (κ3) is 3.50. The second-order valence-corrected chi connectivity index (χ2v) is 7.30. The molecular weight excluding hydrogens is 304 g/mol. The lowest BCUT2D eigenvalue weighted by Crippen LogP contribution is -2.52. The predicted molar refractivity (Wildman–Crippen MR) is 83.2 cm³/mol. The van der Waals surface area contributed by atoms with E-state index in [-0.39, 0.29) is 10.9 Å². The number of hydrogen-bond acceptors (Lipinski definition) is 4. The van der Waals surface area contributed by atoms with Crippen LogP contribution in [0.15, 0.2) is 29.2 Å². The van der Waals surface area contributed by atoms with Gasteiger partial charge in [-0.15, -0.1) is 0 Å². The third-order valence-electron chi connectivity index (χ3n) is 4.00. The van der Waals surface area contributed by atoms with Crippen LogP contribution in [0.3, 0.4) is 0 Å². The van der Waals surface area contributed by atoms with Crippen LogP contribution >= 0.6 is 0 Å². The molecule has 8 heteroatoms. The van der Waals surface area contributed by atoms with Gasteiger partial charge in [0.1, 0.15) is 0 Å². The summed E-state index contributed by atoms with van der Waals surface area (Å²) >= 11 is 0. The van der Waals surface area contributed by atoms with E-state index in [0.29, 0.717) is 19.1 Å². The van der Waals surface area contributed by atoms with Gasteiger partial charge in [-0.3, -0.25) is 0 Å². The van der Waals surface area contributed by atoms with E-state index in [0.717, 1.165) is 31.6 Å². The third-order valence-corrected chi connectivity index (χ3v) is 4.93. The van der Waals surface area contributed by atoms with Crippen LogP contribution in [-0.2, 0) is 10.0 Å². The zero-order valence-electron chi connectivity index (χ0n) is 12.2. The highest BCUT2D eigenvalue weighted by atomic mass is 32.2. The van der Waals surface area contributed by atoms with E-state index in [1.54, 1.807) is 12.1 Å². The molecule has 1 saturated carbocycles. The molecular formula is C14H20N4O3S. The Labute approximate surface area is 130 Å². The molecule has 0 radical (unpaired) electrons. The predicted octanol–water partition coefficient (Wildman–Crippen LogP) is 0.328. The Kier molecular flexibility index (Phi) is 3.96. The number of rotatable bonds is 3. The van der Waals surface area contributed by atoms with E-state index in [1.807, 2.05) is 4.90 Å². The first kappa shape index (κ1) is 15.1. The first-order valence-corrected chi connectivity index (χ1v) is 8.91. The standard InChI is InChI=1S/C14H20N4O3S/c15-22(20,21)13-5-3-12(4-6-13)17-7-9-18(10-8-17)14(19)16-11-1-2-11/h3-6,11H,1-2,7-10H2,(H,16,19)(H2,15,20,21). The molecule has 0 bridgehead atoms. The molecule has 3 N–H and O–H groups in total. The summed E-state index contributed by atoms with van der Waals surface area (Å²) < 4.78 is 22.5. The summed E-state index contributed by atoms with van der Waals surface area (Å²) in [7, 11) is -3.66. The van der Waals surface area contributed by atoms with Crippen molar-refractivity contribution in [3.8, 4) is 0 Å². The van der Waals surface area contributed by atoms with Gasteiger partial charge in [0.15, 0.2) is 0 Å². The molecule has 1 aliphatic carbocycles. The van der Waals surface area contributed by atoms with Crippen molar-refractivity contribution in [3.63, 3.8) is 0 Å². The average molecular weight is 324 g/mol. The Morgan fingerprint density at radius 3 is 2.18 bits per heavy atom. The lowest BCUT2D eigenvalue weighted by atomic mass is 10.2. The van der Waals surface area contributed by atoms with Crippen LogP contribution in [0.4, 0.5) is 10.5 Å². The summed E-state index contributed by atoms with van der Waals surface area (Å²) in [5.74, 6) is 0. The molecule has 0 spiro atoms. The maximum absolute atomic E-state index is 12.0. The smallest absolute Gasteiger partial charge is 0.317 e. The molecule has 2 aliphatic rings. The summed E-state index contributed by atoms with van der Waals surface area (Å²) in [5.41, 5.74) is 0.939. The molecule has 1 saturated heterocycles. The van der Waals surface area contributed by atoms with Gasteiger partial charge in [0.25, 0.3) is 0 Å². The Hall–Kier alpha value is -1.80. The number of carbonyl (C=O) groups is 1. The van der Waals surface area contributed by atoms with Crippen molar-refractivity contribution in [2.45, 2.75) is 23.8 Å². The second kappa shape index (κ2) is 5.77. The fourth-order valence-corrected chi connectivity index (χ4v) is 3.02. The van der Waals surface area contributed by atoms with Crippen LogP contribution in [0.2, 0.25) is 0 Å². The molecule has 0 atom stereocenters.